The number of anilines is 1. The molecule has 0 aromatic heterocycles. The van der Waals surface area contributed by atoms with Crippen molar-refractivity contribution in [2.45, 2.75) is 13.8 Å². The van der Waals surface area contributed by atoms with Gasteiger partial charge in [0, 0.05) is 11.3 Å². The van der Waals surface area contributed by atoms with Gasteiger partial charge in [0.1, 0.15) is 0 Å². The Morgan fingerprint density at radius 1 is 1.35 bits per heavy atom. The standard InChI is InChI=1S/C12H17N3O2/c1-3-14-7-11(16)15-10-5-4-9(12(13)17)6-8(10)2/h4-6,14H,3,7H2,1-2H3,(H2,13,17)(H,15,16). The molecular weight excluding hydrogens is 218 g/mol. The van der Waals surface area contributed by atoms with Crippen molar-refractivity contribution < 1.29 is 9.59 Å². The smallest absolute Gasteiger partial charge is 0.248 e. The highest BCUT2D eigenvalue weighted by atomic mass is 16.2. The third-order valence-electron chi connectivity index (χ3n) is 2.32. The number of aryl methyl sites for hydroxylation is 1. The van der Waals surface area contributed by atoms with Crippen molar-refractivity contribution in [1.29, 1.82) is 0 Å². The maximum atomic E-state index is 11.5. The van der Waals surface area contributed by atoms with Crippen LogP contribution >= 0.6 is 0 Å². The molecule has 0 unspecified atom stereocenters. The highest BCUT2D eigenvalue weighted by Gasteiger charge is 2.06. The fourth-order valence-corrected chi connectivity index (χ4v) is 1.39. The molecule has 0 aliphatic carbocycles. The molecule has 17 heavy (non-hydrogen) atoms. The molecule has 1 aromatic carbocycles. The minimum absolute atomic E-state index is 0.109. The Labute approximate surface area is 100 Å². The lowest BCUT2D eigenvalue weighted by Gasteiger charge is -2.09. The van der Waals surface area contributed by atoms with Crippen molar-refractivity contribution in [2.75, 3.05) is 18.4 Å². The molecule has 0 radical (unpaired) electrons. The summed E-state index contributed by atoms with van der Waals surface area (Å²) in [5, 5.41) is 5.69. The first-order chi connectivity index (χ1) is 8.04. The zero-order valence-corrected chi connectivity index (χ0v) is 10.0. The zero-order chi connectivity index (χ0) is 12.8. The van der Waals surface area contributed by atoms with Crippen molar-refractivity contribution in [3.8, 4) is 0 Å². The van der Waals surface area contributed by atoms with Crippen molar-refractivity contribution in [2.24, 2.45) is 5.73 Å². The van der Waals surface area contributed by atoms with Crippen LogP contribution in [0.1, 0.15) is 22.8 Å². The molecule has 0 bridgehead atoms. The van der Waals surface area contributed by atoms with Crippen LogP contribution in [0.5, 0.6) is 0 Å². The van der Waals surface area contributed by atoms with E-state index in [1.54, 1.807) is 18.2 Å². The Kier molecular flexibility index (Phi) is 4.66. The second-order valence-corrected chi connectivity index (χ2v) is 3.72. The monoisotopic (exact) mass is 235 g/mol. The summed E-state index contributed by atoms with van der Waals surface area (Å²) in [5.41, 5.74) is 7.10. The SMILES string of the molecule is CCNCC(=O)Nc1ccc(C(N)=O)cc1C. The van der Waals surface area contributed by atoms with Gasteiger partial charge in [0.15, 0.2) is 0 Å². The molecule has 0 atom stereocenters. The molecule has 4 N–H and O–H groups in total. The summed E-state index contributed by atoms with van der Waals surface area (Å²) >= 11 is 0. The van der Waals surface area contributed by atoms with Gasteiger partial charge in [-0.15, -0.1) is 0 Å². The molecule has 1 rings (SSSR count). The summed E-state index contributed by atoms with van der Waals surface area (Å²) in [6.45, 7) is 4.76. The number of amides is 2. The van der Waals surface area contributed by atoms with Gasteiger partial charge in [0.25, 0.3) is 0 Å². The number of hydrogen-bond donors (Lipinski definition) is 3. The van der Waals surface area contributed by atoms with Gasteiger partial charge < -0.3 is 16.4 Å². The summed E-state index contributed by atoms with van der Waals surface area (Å²) in [6, 6.07) is 4.93. The average molecular weight is 235 g/mol. The van der Waals surface area contributed by atoms with Crippen molar-refractivity contribution in [1.82, 2.24) is 5.32 Å². The van der Waals surface area contributed by atoms with E-state index in [1.165, 1.54) is 0 Å². The minimum atomic E-state index is -0.473. The van der Waals surface area contributed by atoms with Crippen LogP contribution in [0.3, 0.4) is 0 Å². The van der Waals surface area contributed by atoms with Crippen LogP contribution < -0.4 is 16.4 Å². The normalized spacial score (nSPS) is 10.0. The third-order valence-corrected chi connectivity index (χ3v) is 2.32. The largest absolute Gasteiger partial charge is 0.366 e. The Hall–Kier alpha value is -1.88. The number of carbonyl (C=O) groups excluding carboxylic acids is 2. The Balaban J connectivity index is 2.72. The molecule has 0 aliphatic rings. The van der Waals surface area contributed by atoms with E-state index in [2.05, 4.69) is 10.6 Å². The molecule has 92 valence electrons. The number of nitrogens with two attached hydrogens (primary N) is 1. The molecular formula is C12H17N3O2. The molecule has 0 saturated heterocycles. The third kappa shape index (κ3) is 3.88. The number of benzene rings is 1. The summed E-state index contributed by atoms with van der Waals surface area (Å²) in [6.07, 6.45) is 0. The molecule has 5 heteroatoms. The highest BCUT2D eigenvalue weighted by Crippen LogP contribution is 2.16. The van der Waals surface area contributed by atoms with Gasteiger partial charge in [0.05, 0.1) is 6.54 Å². The average Bonchev–Trinajstić information content (AvgIpc) is 2.28. The van der Waals surface area contributed by atoms with E-state index < -0.39 is 5.91 Å². The fourth-order valence-electron chi connectivity index (χ4n) is 1.39. The molecule has 0 fully saturated rings. The quantitative estimate of drug-likeness (QED) is 0.700. The molecule has 0 saturated carbocycles. The zero-order valence-electron chi connectivity index (χ0n) is 10.0. The maximum absolute atomic E-state index is 11.5. The maximum Gasteiger partial charge on any atom is 0.248 e. The van der Waals surface area contributed by atoms with E-state index in [-0.39, 0.29) is 12.5 Å². The first-order valence-corrected chi connectivity index (χ1v) is 5.45. The van der Waals surface area contributed by atoms with E-state index in [9.17, 15) is 9.59 Å². The fraction of sp³-hybridized carbons (Fsp3) is 0.333. The van der Waals surface area contributed by atoms with E-state index >= 15 is 0 Å². The van der Waals surface area contributed by atoms with Gasteiger partial charge in [-0.3, -0.25) is 9.59 Å². The van der Waals surface area contributed by atoms with Gasteiger partial charge in [-0.05, 0) is 37.2 Å². The van der Waals surface area contributed by atoms with Crippen molar-refractivity contribution in [3.05, 3.63) is 29.3 Å². The summed E-state index contributed by atoms with van der Waals surface area (Å²) < 4.78 is 0. The van der Waals surface area contributed by atoms with Crippen LogP contribution in [0.4, 0.5) is 5.69 Å². The van der Waals surface area contributed by atoms with Crippen LogP contribution in [0, 0.1) is 6.92 Å². The van der Waals surface area contributed by atoms with Gasteiger partial charge in [-0.1, -0.05) is 6.92 Å². The van der Waals surface area contributed by atoms with E-state index in [1.807, 2.05) is 13.8 Å². The van der Waals surface area contributed by atoms with Crippen LogP contribution in [-0.4, -0.2) is 24.9 Å². The van der Waals surface area contributed by atoms with E-state index in [0.717, 1.165) is 12.1 Å². The predicted octanol–water partition coefficient (Wildman–Crippen LogP) is 0.642. The first-order valence-electron chi connectivity index (χ1n) is 5.45. The second kappa shape index (κ2) is 6.00. The van der Waals surface area contributed by atoms with Crippen molar-refractivity contribution in [3.63, 3.8) is 0 Å². The van der Waals surface area contributed by atoms with Crippen LogP contribution in [0.15, 0.2) is 18.2 Å². The van der Waals surface area contributed by atoms with Gasteiger partial charge in [0.2, 0.25) is 11.8 Å². The molecule has 0 spiro atoms. The summed E-state index contributed by atoms with van der Waals surface area (Å²) in [5.74, 6) is -0.583. The van der Waals surface area contributed by atoms with E-state index in [4.69, 9.17) is 5.73 Å². The number of primary amides is 1. The highest BCUT2D eigenvalue weighted by molar-refractivity contribution is 5.96. The first kappa shape index (κ1) is 13.2. The number of rotatable bonds is 5. The van der Waals surface area contributed by atoms with Crippen LogP contribution in [0.2, 0.25) is 0 Å². The van der Waals surface area contributed by atoms with E-state index in [0.29, 0.717) is 11.3 Å². The van der Waals surface area contributed by atoms with Gasteiger partial charge in [-0.2, -0.15) is 0 Å². The number of hydrogen-bond acceptors (Lipinski definition) is 3. The molecule has 0 heterocycles. The lowest BCUT2D eigenvalue weighted by atomic mass is 10.1. The molecule has 1 aromatic rings. The van der Waals surface area contributed by atoms with Crippen LogP contribution in [0.25, 0.3) is 0 Å². The van der Waals surface area contributed by atoms with Gasteiger partial charge >= 0.3 is 0 Å². The number of likely N-dealkylation sites (N-methyl/N-ethyl adjacent to an activating group) is 1. The Bertz CT molecular complexity index is 430. The molecule has 0 aliphatic heterocycles. The lowest BCUT2D eigenvalue weighted by Crippen LogP contribution is -2.28. The Morgan fingerprint density at radius 3 is 2.59 bits per heavy atom. The topological polar surface area (TPSA) is 84.2 Å². The lowest BCUT2D eigenvalue weighted by molar-refractivity contribution is -0.115. The second-order valence-electron chi connectivity index (χ2n) is 3.72. The van der Waals surface area contributed by atoms with Gasteiger partial charge in [-0.25, -0.2) is 0 Å². The molecule has 2 amide bonds. The van der Waals surface area contributed by atoms with Crippen molar-refractivity contribution >= 4 is 17.5 Å². The summed E-state index contributed by atoms with van der Waals surface area (Å²) in [7, 11) is 0. The Morgan fingerprint density at radius 2 is 2.06 bits per heavy atom. The predicted molar refractivity (Wildman–Crippen MR) is 66.9 cm³/mol. The van der Waals surface area contributed by atoms with Crippen LogP contribution in [-0.2, 0) is 4.79 Å². The number of carbonyl (C=O) groups is 2. The molecule has 5 nitrogen and oxygen atoms in total. The summed E-state index contributed by atoms with van der Waals surface area (Å²) in [4.78, 5) is 22.4. The number of nitrogens with one attached hydrogen (secondary N) is 2. The minimum Gasteiger partial charge on any atom is -0.366 e.